The van der Waals surface area contributed by atoms with E-state index in [9.17, 15) is 10.0 Å². The van der Waals surface area contributed by atoms with Crippen LogP contribution in [0.25, 0.3) is 0 Å². The van der Waals surface area contributed by atoms with E-state index < -0.39 is 18.2 Å². The Hall–Kier alpha value is -2.08. The van der Waals surface area contributed by atoms with Crippen molar-refractivity contribution >= 4 is 11.7 Å². The summed E-state index contributed by atoms with van der Waals surface area (Å²) in [5.41, 5.74) is 0.825. The number of nitrogens with zero attached hydrogens (tertiary/aromatic N) is 1. The third kappa shape index (κ3) is 2.66. The predicted octanol–water partition coefficient (Wildman–Crippen LogP) is 1.98. The Labute approximate surface area is 128 Å². The largest absolute Gasteiger partial charge is 0.458 e. The quantitative estimate of drug-likeness (QED) is 0.631. The van der Waals surface area contributed by atoms with Crippen LogP contribution in [0.5, 0.6) is 0 Å². The minimum absolute atomic E-state index is 0.0687. The Kier molecular flexibility index (Phi) is 4.29. The number of ether oxygens (including phenoxy) is 2. The molecule has 0 aliphatic carbocycles. The number of hydrogen-bond donors (Lipinski definition) is 0. The fraction of sp³-hybridized carbons (Fsp3) is 0.500. The van der Waals surface area contributed by atoms with Gasteiger partial charge < -0.3 is 14.3 Å². The van der Waals surface area contributed by atoms with Crippen LogP contribution in [0.1, 0.15) is 31.4 Å². The monoisotopic (exact) mass is 305 g/mol. The molecule has 0 radical (unpaired) electrons. The first-order valence-electron chi connectivity index (χ1n) is 7.57. The normalized spacial score (nSPS) is 27.8. The zero-order chi connectivity index (χ0) is 15.5. The average Bonchev–Trinajstić information content (AvgIpc) is 2.55. The molecule has 3 rings (SSSR count). The van der Waals surface area contributed by atoms with Crippen molar-refractivity contribution < 1.29 is 24.0 Å². The molecule has 2 heterocycles. The summed E-state index contributed by atoms with van der Waals surface area (Å²) in [7, 11) is 0. The predicted molar refractivity (Wildman–Crippen MR) is 78.0 cm³/mol. The van der Waals surface area contributed by atoms with Gasteiger partial charge in [-0.15, -0.1) is 0 Å². The number of hydrogen-bond acceptors (Lipinski definition) is 5. The standard InChI is InChI=1S/C16H19NO5/c1-2-20-16(18)13-15-12(9-6-10-21-15)14(22-17(13)19)11-7-4-3-5-8-11/h3-5,7-8,12,14-15H,2,6,9-10H2,1H3/t12-,14-,15+/m1/s1. The molecule has 1 fully saturated rings. The summed E-state index contributed by atoms with van der Waals surface area (Å²) in [6.45, 7) is 2.43. The zero-order valence-corrected chi connectivity index (χ0v) is 12.4. The molecule has 0 bridgehead atoms. The molecule has 6 nitrogen and oxygen atoms in total. The van der Waals surface area contributed by atoms with Crippen molar-refractivity contribution in [1.29, 1.82) is 0 Å². The molecule has 1 saturated heterocycles. The van der Waals surface area contributed by atoms with Gasteiger partial charge in [0, 0.05) is 12.5 Å². The van der Waals surface area contributed by atoms with Gasteiger partial charge in [0.05, 0.1) is 17.6 Å². The van der Waals surface area contributed by atoms with Crippen LogP contribution in [0.15, 0.2) is 30.3 Å². The fourth-order valence-corrected chi connectivity index (χ4v) is 3.08. The van der Waals surface area contributed by atoms with E-state index in [0.29, 0.717) is 6.61 Å². The van der Waals surface area contributed by atoms with E-state index in [1.54, 1.807) is 6.92 Å². The Morgan fingerprint density at radius 2 is 2.14 bits per heavy atom. The Bertz CT molecular complexity index is 571. The lowest BCUT2D eigenvalue weighted by molar-refractivity contribution is -0.765. The van der Waals surface area contributed by atoms with Gasteiger partial charge in [-0.25, -0.2) is 4.79 Å². The number of carbonyl (C=O) groups excluding carboxylic acids is 1. The number of benzene rings is 1. The van der Waals surface area contributed by atoms with E-state index >= 15 is 0 Å². The van der Waals surface area contributed by atoms with E-state index in [1.807, 2.05) is 30.3 Å². The van der Waals surface area contributed by atoms with Crippen LogP contribution in [0, 0.1) is 11.1 Å². The number of rotatable bonds is 3. The average molecular weight is 305 g/mol. The first-order valence-corrected chi connectivity index (χ1v) is 7.57. The molecule has 2 aliphatic heterocycles. The van der Waals surface area contributed by atoms with Crippen LogP contribution in [0.2, 0.25) is 0 Å². The van der Waals surface area contributed by atoms with E-state index in [4.69, 9.17) is 14.3 Å². The highest BCUT2D eigenvalue weighted by atomic mass is 16.9. The Balaban J connectivity index is 1.96. The van der Waals surface area contributed by atoms with Crippen molar-refractivity contribution in [3.05, 3.63) is 41.1 Å². The van der Waals surface area contributed by atoms with Crippen molar-refractivity contribution in [2.45, 2.75) is 32.0 Å². The van der Waals surface area contributed by atoms with Gasteiger partial charge in [0.1, 0.15) is 0 Å². The highest BCUT2D eigenvalue weighted by molar-refractivity contribution is 6.36. The summed E-state index contributed by atoms with van der Waals surface area (Å²) in [4.78, 5) is 17.8. The first-order chi connectivity index (χ1) is 10.7. The summed E-state index contributed by atoms with van der Waals surface area (Å²) < 4.78 is 10.7. The van der Waals surface area contributed by atoms with E-state index in [1.165, 1.54) is 0 Å². The zero-order valence-electron chi connectivity index (χ0n) is 12.4. The summed E-state index contributed by atoms with van der Waals surface area (Å²) in [5.74, 6) is -0.735. The van der Waals surface area contributed by atoms with E-state index in [0.717, 1.165) is 18.4 Å². The third-order valence-corrected chi connectivity index (χ3v) is 4.05. The maximum atomic E-state index is 12.2. The lowest BCUT2D eigenvalue weighted by Crippen LogP contribution is -2.51. The lowest BCUT2D eigenvalue weighted by Gasteiger charge is -2.39. The second-order valence-electron chi connectivity index (χ2n) is 5.40. The third-order valence-electron chi connectivity index (χ3n) is 4.05. The van der Waals surface area contributed by atoms with Crippen molar-refractivity contribution in [1.82, 2.24) is 0 Å². The van der Waals surface area contributed by atoms with Gasteiger partial charge in [0.2, 0.25) is 0 Å². The van der Waals surface area contributed by atoms with Crippen LogP contribution >= 0.6 is 0 Å². The molecular weight excluding hydrogens is 286 g/mol. The maximum absolute atomic E-state index is 12.2. The van der Waals surface area contributed by atoms with Gasteiger partial charge >= 0.3 is 11.7 Å². The Morgan fingerprint density at radius 1 is 1.36 bits per heavy atom. The molecule has 0 unspecified atom stereocenters. The summed E-state index contributed by atoms with van der Waals surface area (Å²) in [5, 5.41) is 12.2. The van der Waals surface area contributed by atoms with E-state index in [-0.39, 0.29) is 23.1 Å². The van der Waals surface area contributed by atoms with Crippen LogP contribution < -0.4 is 0 Å². The van der Waals surface area contributed by atoms with Gasteiger partial charge in [-0.1, -0.05) is 30.3 Å². The molecule has 22 heavy (non-hydrogen) atoms. The minimum Gasteiger partial charge on any atom is -0.458 e. The summed E-state index contributed by atoms with van der Waals surface area (Å²) in [6.07, 6.45) is 0.718. The molecule has 3 atom stereocenters. The van der Waals surface area contributed by atoms with Crippen LogP contribution in [-0.4, -0.2) is 35.9 Å². The van der Waals surface area contributed by atoms with Gasteiger partial charge in [-0.3, -0.25) is 5.21 Å². The lowest BCUT2D eigenvalue weighted by atomic mass is 9.82. The topological polar surface area (TPSA) is 70.8 Å². The van der Waals surface area contributed by atoms with Crippen molar-refractivity contribution in [3.8, 4) is 0 Å². The highest BCUT2D eigenvalue weighted by Crippen LogP contribution is 2.39. The molecule has 118 valence electrons. The minimum atomic E-state index is -0.666. The highest BCUT2D eigenvalue weighted by Gasteiger charge is 2.49. The van der Waals surface area contributed by atoms with Crippen molar-refractivity contribution in [2.75, 3.05) is 13.2 Å². The molecule has 0 spiro atoms. The maximum Gasteiger partial charge on any atom is 0.408 e. The molecule has 2 aliphatic rings. The fourth-order valence-electron chi connectivity index (χ4n) is 3.08. The molecular formula is C16H19NO5. The Morgan fingerprint density at radius 3 is 2.86 bits per heavy atom. The van der Waals surface area contributed by atoms with Crippen molar-refractivity contribution in [3.63, 3.8) is 0 Å². The molecule has 0 aromatic heterocycles. The smallest absolute Gasteiger partial charge is 0.408 e. The first kappa shape index (κ1) is 14.8. The molecule has 0 N–H and O–H groups in total. The molecule has 1 aromatic carbocycles. The van der Waals surface area contributed by atoms with Gasteiger partial charge in [0.15, 0.2) is 6.10 Å². The summed E-state index contributed by atoms with van der Waals surface area (Å²) in [6, 6.07) is 9.54. The summed E-state index contributed by atoms with van der Waals surface area (Å²) >= 11 is 0. The number of fused-ring (bicyclic) bond motifs is 1. The van der Waals surface area contributed by atoms with Crippen molar-refractivity contribution in [2.24, 2.45) is 5.92 Å². The molecule has 1 aromatic rings. The van der Waals surface area contributed by atoms with Crippen LogP contribution in [0.3, 0.4) is 0 Å². The van der Waals surface area contributed by atoms with E-state index in [2.05, 4.69) is 0 Å². The van der Waals surface area contributed by atoms with Gasteiger partial charge in [0.25, 0.3) is 0 Å². The number of carbonyl (C=O) groups is 1. The van der Waals surface area contributed by atoms with Crippen LogP contribution in [-0.2, 0) is 19.1 Å². The van der Waals surface area contributed by atoms with Crippen LogP contribution in [0.4, 0.5) is 0 Å². The SMILES string of the molecule is CCOC(=O)C1=[N+]([O-])O[C@H](c2ccccc2)[C@H]2CCCO[C@H]12. The molecule has 0 saturated carbocycles. The second kappa shape index (κ2) is 6.36. The molecule has 0 amide bonds. The van der Waals surface area contributed by atoms with Gasteiger partial charge in [-0.05, 0) is 25.3 Å². The second-order valence-corrected chi connectivity index (χ2v) is 5.40. The molecule has 6 heteroatoms. The van der Waals surface area contributed by atoms with Gasteiger partial charge in [-0.2, -0.15) is 0 Å². The number of esters is 1.